The molecule has 0 saturated heterocycles. The number of hydrogen-bond acceptors (Lipinski definition) is 3. The molecule has 0 bridgehead atoms. The zero-order valence-electron chi connectivity index (χ0n) is 6.14. The van der Waals surface area contributed by atoms with Crippen LogP contribution in [0.15, 0.2) is 30.5 Å². The third-order valence-corrected chi connectivity index (χ3v) is 1.43. The summed E-state index contributed by atoms with van der Waals surface area (Å²) in [6, 6.07) is 5.25. The van der Waals surface area contributed by atoms with Crippen molar-refractivity contribution in [3.05, 3.63) is 36.2 Å². The molecule has 0 amide bonds. The van der Waals surface area contributed by atoms with Crippen molar-refractivity contribution in [2.75, 3.05) is 0 Å². The third-order valence-electron chi connectivity index (χ3n) is 1.19. The highest BCUT2D eigenvalue weighted by Crippen LogP contribution is 2.07. The molecule has 0 fully saturated rings. The Morgan fingerprint density at radius 1 is 1.58 bits per heavy atom. The van der Waals surface area contributed by atoms with E-state index in [0.29, 0.717) is 9.89 Å². The summed E-state index contributed by atoms with van der Waals surface area (Å²) in [6.07, 6.45) is 2.97. The summed E-state index contributed by atoms with van der Waals surface area (Å²) in [7, 11) is 0. The highest BCUT2D eigenvalue weighted by Gasteiger charge is 1.97. The zero-order valence-corrected chi connectivity index (χ0v) is 7.85. The van der Waals surface area contributed by atoms with Crippen molar-refractivity contribution >= 4 is 34.8 Å². The smallest absolute Gasteiger partial charge is 0.143 e. The summed E-state index contributed by atoms with van der Waals surface area (Å²) in [4.78, 5) is 3.92. The number of thiocarbonyl (C=S) groups is 1. The summed E-state index contributed by atoms with van der Waals surface area (Å²) >= 11 is 8.53. The Hall–Kier alpha value is -0.870. The summed E-state index contributed by atoms with van der Waals surface area (Å²) in [5, 5.41) is 9.35. The predicted octanol–water partition coefficient (Wildman–Crippen LogP) is 2.24. The van der Waals surface area contributed by atoms with Crippen LogP contribution < -0.4 is 0 Å². The number of rotatable bonds is 2. The van der Waals surface area contributed by atoms with Gasteiger partial charge < -0.3 is 5.11 Å². The van der Waals surface area contributed by atoms with E-state index in [0.717, 1.165) is 0 Å². The van der Waals surface area contributed by atoms with Gasteiger partial charge in [-0.1, -0.05) is 18.3 Å². The number of thiol groups is 1. The Morgan fingerprint density at radius 3 is 2.83 bits per heavy atom. The van der Waals surface area contributed by atoms with Crippen LogP contribution in [0.3, 0.4) is 0 Å². The summed E-state index contributed by atoms with van der Waals surface area (Å²) in [5.74, 6) is 0.0376. The maximum atomic E-state index is 9.35. The normalized spacial score (nSPS) is 11.2. The molecule has 1 aromatic rings. The molecular formula is C8H7NOS2. The largest absolute Gasteiger partial charge is 0.506 e. The van der Waals surface area contributed by atoms with Crippen molar-refractivity contribution in [3.8, 4) is 0 Å². The summed E-state index contributed by atoms with van der Waals surface area (Å²) < 4.78 is 0.332. The van der Waals surface area contributed by atoms with Gasteiger partial charge in [0.05, 0.1) is 4.20 Å². The summed E-state index contributed by atoms with van der Waals surface area (Å²) in [5.41, 5.74) is 0.494. The van der Waals surface area contributed by atoms with Crippen LogP contribution in [0.4, 0.5) is 0 Å². The summed E-state index contributed by atoms with van der Waals surface area (Å²) in [6.45, 7) is 0. The van der Waals surface area contributed by atoms with E-state index < -0.39 is 0 Å². The molecule has 1 heterocycles. The van der Waals surface area contributed by atoms with Gasteiger partial charge in [-0.3, -0.25) is 4.98 Å². The quantitative estimate of drug-likeness (QED) is 0.330. The van der Waals surface area contributed by atoms with Crippen LogP contribution >= 0.6 is 24.8 Å². The van der Waals surface area contributed by atoms with Gasteiger partial charge in [-0.25, -0.2) is 0 Å². The molecule has 4 heteroatoms. The van der Waals surface area contributed by atoms with E-state index in [1.165, 1.54) is 6.08 Å². The van der Waals surface area contributed by atoms with Crippen LogP contribution in [0.1, 0.15) is 5.69 Å². The molecule has 1 aromatic heterocycles. The van der Waals surface area contributed by atoms with E-state index in [1.807, 2.05) is 0 Å². The van der Waals surface area contributed by atoms with Gasteiger partial charge in [-0.15, -0.1) is 12.6 Å². The van der Waals surface area contributed by atoms with Gasteiger partial charge in [0.1, 0.15) is 11.5 Å². The Balaban J connectivity index is 2.93. The van der Waals surface area contributed by atoms with Gasteiger partial charge in [-0.2, -0.15) is 0 Å². The minimum Gasteiger partial charge on any atom is -0.506 e. The lowest BCUT2D eigenvalue weighted by Crippen LogP contribution is -1.88. The Morgan fingerprint density at radius 2 is 2.33 bits per heavy atom. The number of pyridine rings is 1. The molecule has 0 spiro atoms. The van der Waals surface area contributed by atoms with Crippen LogP contribution in [0.5, 0.6) is 0 Å². The van der Waals surface area contributed by atoms with E-state index >= 15 is 0 Å². The average molecular weight is 197 g/mol. The van der Waals surface area contributed by atoms with Crippen molar-refractivity contribution in [1.29, 1.82) is 0 Å². The number of aliphatic hydroxyl groups excluding tert-OH is 1. The molecule has 0 aliphatic carbocycles. The van der Waals surface area contributed by atoms with Gasteiger partial charge in [0.15, 0.2) is 0 Å². The van der Waals surface area contributed by atoms with Crippen molar-refractivity contribution < 1.29 is 5.11 Å². The van der Waals surface area contributed by atoms with Crippen LogP contribution in [0.25, 0.3) is 5.76 Å². The molecule has 0 aliphatic rings. The molecule has 0 radical (unpaired) electrons. The predicted molar refractivity (Wildman–Crippen MR) is 56.4 cm³/mol. The van der Waals surface area contributed by atoms with Crippen molar-refractivity contribution in [2.24, 2.45) is 0 Å². The monoisotopic (exact) mass is 197 g/mol. The first kappa shape index (κ1) is 9.22. The second-order valence-electron chi connectivity index (χ2n) is 2.08. The van der Waals surface area contributed by atoms with Gasteiger partial charge in [0.2, 0.25) is 0 Å². The van der Waals surface area contributed by atoms with Crippen LogP contribution in [0.2, 0.25) is 0 Å². The second-order valence-corrected chi connectivity index (χ2v) is 3.31. The number of aliphatic hydroxyl groups is 1. The van der Waals surface area contributed by atoms with E-state index in [4.69, 9.17) is 0 Å². The molecule has 0 atom stereocenters. The minimum absolute atomic E-state index is 0.0376. The Bertz CT molecular complexity index is 308. The molecule has 1 rings (SSSR count). The number of aromatic nitrogens is 1. The highest BCUT2D eigenvalue weighted by molar-refractivity contribution is 8.11. The van der Waals surface area contributed by atoms with Crippen molar-refractivity contribution in [2.45, 2.75) is 0 Å². The first-order valence-corrected chi connectivity index (χ1v) is 4.10. The fourth-order valence-corrected chi connectivity index (χ4v) is 0.939. The molecule has 0 saturated carbocycles. The van der Waals surface area contributed by atoms with Crippen molar-refractivity contribution in [3.63, 3.8) is 0 Å². The third kappa shape index (κ3) is 2.64. The van der Waals surface area contributed by atoms with Gasteiger partial charge in [-0.05, 0) is 12.1 Å². The molecule has 1 N–H and O–H groups in total. The average Bonchev–Trinajstić information content (AvgIpc) is 2.05. The van der Waals surface area contributed by atoms with E-state index in [1.54, 1.807) is 24.4 Å². The lowest BCUT2D eigenvalue weighted by molar-refractivity contribution is 0.509. The maximum Gasteiger partial charge on any atom is 0.143 e. The van der Waals surface area contributed by atoms with E-state index in [2.05, 4.69) is 29.8 Å². The molecule has 2 nitrogen and oxygen atoms in total. The first-order chi connectivity index (χ1) is 5.70. The standard InChI is InChI=1S/C8H7NOS2/c10-7(5-8(11)12)6-3-1-2-4-9-6/h1-5,10H,(H,11,12). The lowest BCUT2D eigenvalue weighted by atomic mass is 10.3. The maximum absolute atomic E-state index is 9.35. The van der Waals surface area contributed by atoms with E-state index in [-0.39, 0.29) is 5.76 Å². The topological polar surface area (TPSA) is 33.1 Å². The van der Waals surface area contributed by atoms with Gasteiger partial charge >= 0.3 is 0 Å². The Kier molecular flexibility index (Phi) is 3.25. The first-order valence-electron chi connectivity index (χ1n) is 3.25. The van der Waals surface area contributed by atoms with E-state index in [9.17, 15) is 5.11 Å². The SMILES string of the molecule is OC(=CC(=S)S)c1ccccn1. The van der Waals surface area contributed by atoms with Crippen LogP contribution in [0, 0.1) is 0 Å². The zero-order chi connectivity index (χ0) is 8.97. The Labute approximate surface area is 81.4 Å². The van der Waals surface area contributed by atoms with Crippen LogP contribution in [-0.2, 0) is 0 Å². The molecule has 0 unspecified atom stereocenters. The second kappa shape index (κ2) is 4.23. The molecule has 0 aromatic carbocycles. The fourth-order valence-electron chi connectivity index (χ4n) is 0.705. The lowest BCUT2D eigenvalue weighted by Gasteiger charge is -1.96. The molecule has 12 heavy (non-hydrogen) atoms. The van der Waals surface area contributed by atoms with Gasteiger partial charge in [0.25, 0.3) is 0 Å². The molecule has 0 aliphatic heterocycles. The van der Waals surface area contributed by atoms with Gasteiger partial charge in [0, 0.05) is 12.3 Å². The van der Waals surface area contributed by atoms with Crippen LogP contribution in [-0.4, -0.2) is 14.3 Å². The molecular weight excluding hydrogens is 190 g/mol. The fraction of sp³-hybridized carbons (Fsp3) is 0. The number of nitrogens with zero attached hydrogens (tertiary/aromatic N) is 1. The highest BCUT2D eigenvalue weighted by atomic mass is 32.1. The van der Waals surface area contributed by atoms with Crippen molar-refractivity contribution in [1.82, 2.24) is 4.98 Å². The molecule has 62 valence electrons. The number of hydrogen-bond donors (Lipinski definition) is 2. The minimum atomic E-state index is 0.0376.